The molecular weight excluding hydrogens is 381 g/mol. The molecule has 3 rings (SSSR count). The van der Waals surface area contributed by atoms with Crippen molar-refractivity contribution in [2.24, 2.45) is 0 Å². The number of alkyl halides is 3. The molecule has 2 aromatic carbocycles. The van der Waals surface area contributed by atoms with Gasteiger partial charge < -0.3 is 25.2 Å². The van der Waals surface area contributed by atoms with E-state index in [1.807, 2.05) is 0 Å². The van der Waals surface area contributed by atoms with Crippen LogP contribution in [0.2, 0.25) is 0 Å². The number of halogens is 3. The highest BCUT2D eigenvalue weighted by atomic mass is 32.1. The second-order valence-electron chi connectivity index (χ2n) is 5.79. The van der Waals surface area contributed by atoms with Crippen molar-refractivity contribution in [2.75, 3.05) is 25.1 Å². The second kappa shape index (κ2) is 8.01. The van der Waals surface area contributed by atoms with Gasteiger partial charge in [0.2, 0.25) is 0 Å². The maximum Gasteiger partial charge on any atom is 0.416 e. The molecule has 0 aliphatic carbocycles. The van der Waals surface area contributed by atoms with Crippen molar-refractivity contribution < 1.29 is 27.8 Å². The standard InChI is InChI=1S/C18H17F3N2O3S/c19-18(20,21)13-4-2-1-3-12(13)14(24)10-22-17(27)23-11-5-6-15-16(9-11)26-8-7-25-15/h1-6,9,14,24H,7-8,10H2,(H2,22,23,27). The molecule has 5 nitrogen and oxygen atoms in total. The summed E-state index contributed by atoms with van der Waals surface area (Å²) < 4.78 is 50.0. The van der Waals surface area contributed by atoms with Crippen LogP contribution in [0.5, 0.6) is 11.5 Å². The number of thiocarbonyl (C=S) groups is 1. The van der Waals surface area contributed by atoms with Crippen molar-refractivity contribution in [3.8, 4) is 11.5 Å². The highest BCUT2D eigenvalue weighted by molar-refractivity contribution is 7.80. The van der Waals surface area contributed by atoms with Crippen LogP contribution in [0.3, 0.4) is 0 Å². The summed E-state index contributed by atoms with van der Waals surface area (Å²) in [6.07, 6.45) is -5.91. The van der Waals surface area contributed by atoms with Crippen LogP contribution in [0.1, 0.15) is 17.2 Å². The third-order valence-electron chi connectivity index (χ3n) is 3.88. The molecule has 0 aromatic heterocycles. The molecule has 1 unspecified atom stereocenters. The lowest BCUT2D eigenvalue weighted by molar-refractivity contribution is -0.139. The Morgan fingerprint density at radius 1 is 1.11 bits per heavy atom. The zero-order valence-corrected chi connectivity index (χ0v) is 14.9. The summed E-state index contributed by atoms with van der Waals surface area (Å²) >= 11 is 5.14. The van der Waals surface area contributed by atoms with Crippen LogP contribution < -0.4 is 20.1 Å². The summed E-state index contributed by atoms with van der Waals surface area (Å²) in [6, 6.07) is 10.1. The quantitative estimate of drug-likeness (QED) is 0.686. The first-order valence-corrected chi connectivity index (χ1v) is 8.54. The van der Waals surface area contributed by atoms with Crippen LogP contribution >= 0.6 is 12.2 Å². The largest absolute Gasteiger partial charge is 0.486 e. The van der Waals surface area contributed by atoms with E-state index in [1.165, 1.54) is 18.2 Å². The van der Waals surface area contributed by atoms with Crippen molar-refractivity contribution in [3.63, 3.8) is 0 Å². The Kier molecular flexibility index (Phi) is 5.71. The number of hydrogen-bond acceptors (Lipinski definition) is 4. The first-order valence-electron chi connectivity index (χ1n) is 8.13. The lowest BCUT2D eigenvalue weighted by atomic mass is 10.0. The minimum atomic E-state index is -4.54. The van der Waals surface area contributed by atoms with E-state index in [9.17, 15) is 18.3 Å². The normalized spacial score (nSPS) is 14.4. The summed E-state index contributed by atoms with van der Waals surface area (Å²) in [5.41, 5.74) is -0.452. The number of ether oxygens (including phenoxy) is 2. The summed E-state index contributed by atoms with van der Waals surface area (Å²) in [5, 5.41) is 15.9. The highest BCUT2D eigenvalue weighted by Gasteiger charge is 2.34. The zero-order valence-electron chi connectivity index (χ0n) is 14.0. The third-order valence-corrected chi connectivity index (χ3v) is 4.13. The Morgan fingerprint density at radius 3 is 2.56 bits per heavy atom. The average molecular weight is 398 g/mol. The Morgan fingerprint density at radius 2 is 1.81 bits per heavy atom. The van der Waals surface area contributed by atoms with E-state index in [2.05, 4.69) is 10.6 Å². The molecule has 0 radical (unpaired) electrons. The van der Waals surface area contributed by atoms with Gasteiger partial charge in [0, 0.05) is 18.3 Å². The van der Waals surface area contributed by atoms with Crippen molar-refractivity contribution >= 4 is 23.0 Å². The van der Waals surface area contributed by atoms with Gasteiger partial charge in [0.05, 0.1) is 11.7 Å². The number of nitrogens with one attached hydrogen (secondary N) is 2. The fourth-order valence-corrected chi connectivity index (χ4v) is 2.84. The maximum absolute atomic E-state index is 13.0. The highest BCUT2D eigenvalue weighted by Crippen LogP contribution is 2.34. The van der Waals surface area contributed by atoms with E-state index in [0.717, 1.165) is 6.07 Å². The molecule has 1 aliphatic rings. The molecular formula is C18H17F3N2O3S. The predicted octanol–water partition coefficient (Wildman–Crippen LogP) is 3.50. The van der Waals surface area contributed by atoms with Gasteiger partial charge in [-0.3, -0.25) is 0 Å². The van der Waals surface area contributed by atoms with Gasteiger partial charge in [0.1, 0.15) is 13.2 Å². The molecule has 1 heterocycles. The number of rotatable bonds is 4. The van der Waals surface area contributed by atoms with Gasteiger partial charge in [-0.15, -0.1) is 0 Å². The minimum absolute atomic E-state index is 0.162. The molecule has 1 aliphatic heterocycles. The van der Waals surface area contributed by atoms with Gasteiger partial charge in [-0.2, -0.15) is 13.2 Å². The van der Waals surface area contributed by atoms with Gasteiger partial charge in [0.15, 0.2) is 16.6 Å². The maximum atomic E-state index is 13.0. The van der Waals surface area contributed by atoms with Gasteiger partial charge in [-0.1, -0.05) is 18.2 Å². The predicted molar refractivity (Wildman–Crippen MR) is 98.1 cm³/mol. The Hall–Kier alpha value is -2.52. The van der Waals surface area contributed by atoms with E-state index in [0.29, 0.717) is 30.4 Å². The number of aliphatic hydroxyl groups excluding tert-OH is 1. The molecule has 3 N–H and O–H groups in total. The van der Waals surface area contributed by atoms with Crippen LogP contribution in [0, 0.1) is 0 Å². The molecule has 0 saturated carbocycles. The summed E-state index contributed by atoms with van der Waals surface area (Å²) in [6.45, 7) is 0.754. The second-order valence-corrected chi connectivity index (χ2v) is 6.20. The summed E-state index contributed by atoms with van der Waals surface area (Å²) in [5.74, 6) is 1.21. The third kappa shape index (κ3) is 4.81. The van der Waals surface area contributed by atoms with Crippen molar-refractivity contribution in [1.82, 2.24) is 5.32 Å². The zero-order chi connectivity index (χ0) is 19.4. The lowest BCUT2D eigenvalue weighted by Crippen LogP contribution is -2.32. The summed E-state index contributed by atoms with van der Waals surface area (Å²) in [4.78, 5) is 0. The van der Waals surface area contributed by atoms with Crippen LogP contribution in [-0.2, 0) is 6.18 Å². The van der Waals surface area contributed by atoms with Crippen LogP contribution in [-0.4, -0.2) is 30.0 Å². The molecule has 1 atom stereocenters. The molecule has 144 valence electrons. The van der Waals surface area contributed by atoms with Gasteiger partial charge in [-0.05, 0) is 36.0 Å². The van der Waals surface area contributed by atoms with E-state index >= 15 is 0 Å². The van der Waals surface area contributed by atoms with Crippen molar-refractivity contribution in [2.45, 2.75) is 12.3 Å². The number of benzene rings is 2. The fraction of sp³-hybridized carbons (Fsp3) is 0.278. The number of fused-ring (bicyclic) bond motifs is 1. The Balaban J connectivity index is 1.60. The fourth-order valence-electron chi connectivity index (χ4n) is 2.64. The van der Waals surface area contributed by atoms with Crippen LogP contribution in [0.25, 0.3) is 0 Å². The topological polar surface area (TPSA) is 62.8 Å². The van der Waals surface area contributed by atoms with Gasteiger partial charge in [-0.25, -0.2) is 0 Å². The lowest BCUT2D eigenvalue weighted by Gasteiger charge is -2.20. The van der Waals surface area contributed by atoms with Crippen LogP contribution in [0.4, 0.5) is 18.9 Å². The number of aliphatic hydroxyl groups is 1. The molecule has 0 spiro atoms. The van der Waals surface area contributed by atoms with Gasteiger partial charge >= 0.3 is 6.18 Å². The molecule has 0 bridgehead atoms. The number of hydrogen-bond donors (Lipinski definition) is 3. The van der Waals surface area contributed by atoms with E-state index in [1.54, 1.807) is 18.2 Å². The molecule has 9 heteroatoms. The van der Waals surface area contributed by atoms with Crippen molar-refractivity contribution in [1.29, 1.82) is 0 Å². The van der Waals surface area contributed by atoms with E-state index in [-0.39, 0.29) is 17.2 Å². The molecule has 0 fully saturated rings. The molecule has 2 aromatic rings. The van der Waals surface area contributed by atoms with Crippen molar-refractivity contribution in [3.05, 3.63) is 53.6 Å². The van der Waals surface area contributed by atoms with Crippen LogP contribution in [0.15, 0.2) is 42.5 Å². The molecule has 0 saturated heterocycles. The monoisotopic (exact) mass is 398 g/mol. The smallest absolute Gasteiger partial charge is 0.416 e. The molecule has 27 heavy (non-hydrogen) atoms. The SMILES string of the molecule is OC(CNC(=S)Nc1ccc2c(c1)OCCO2)c1ccccc1C(F)(F)F. The first-order chi connectivity index (χ1) is 12.8. The molecule has 0 amide bonds. The minimum Gasteiger partial charge on any atom is -0.486 e. The average Bonchev–Trinajstić information content (AvgIpc) is 2.65. The summed E-state index contributed by atoms with van der Waals surface area (Å²) in [7, 11) is 0. The first kappa shape index (κ1) is 19.2. The van der Waals surface area contributed by atoms with E-state index < -0.39 is 17.8 Å². The Bertz CT molecular complexity index is 830. The van der Waals surface area contributed by atoms with Gasteiger partial charge in [0.25, 0.3) is 0 Å². The van der Waals surface area contributed by atoms with E-state index in [4.69, 9.17) is 21.7 Å². The Labute approximate surface area is 159 Å². The number of anilines is 1.